The molecule has 2 aromatic heterocycles. The van der Waals surface area contributed by atoms with Crippen LogP contribution in [0, 0.1) is 0 Å². The Balaban J connectivity index is 1.58. The predicted octanol–water partition coefficient (Wildman–Crippen LogP) is 4.79. The van der Waals surface area contributed by atoms with Crippen LogP contribution in [0.4, 0.5) is 24.0 Å². The van der Waals surface area contributed by atoms with Crippen molar-refractivity contribution in [3.63, 3.8) is 0 Å². The van der Waals surface area contributed by atoms with E-state index in [1.54, 1.807) is 29.8 Å². The van der Waals surface area contributed by atoms with Gasteiger partial charge in [-0.25, -0.2) is 9.97 Å². The molecule has 2 aromatic carbocycles. The van der Waals surface area contributed by atoms with E-state index < -0.39 is 17.6 Å². The summed E-state index contributed by atoms with van der Waals surface area (Å²) in [6.45, 7) is 2.20. The summed E-state index contributed by atoms with van der Waals surface area (Å²) in [5, 5.41) is 4.83. The zero-order valence-corrected chi connectivity index (χ0v) is 18.0. The van der Waals surface area contributed by atoms with Crippen LogP contribution in [0.25, 0.3) is 22.4 Å². The number of nitrogens with zero attached hydrogens (tertiary/aromatic N) is 3. The van der Waals surface area contributed by atoms with Gasteiger partial charge in [0.25, 0.3) is 5.91 Å². The van der Waals surface area contributed by atoms with E-state index in [1.807, 2.05) is 4.90 Å². The minimum Gasteiger partial charge on any atom is -0.378 e. The molecule has 1 amide bonds. The molecule has 7 nitrogen and oxygen atoms in total. The number of thiazole rings is 1. The van der Waals surface area contributed by atoms with E-state index in [1.165, 1.54) is 23.5 Å². The lowest BCUT2D eigenvalue weighted by molar-refractivity contribution is -0.137. The summed E-state index contributed by atoms with van der Waals surface area (Å²) in [4.78, 5) is 26.1. The lowest BCUT2D eigenvalue weighted by atomic mass is 10.0. The van der Waals surface area contributed by atoms with Crippen molar-refractivity contribution in [3.8, 4) is 11.4 Å². The number of hydrogen-bond acceptors (Lipinski definition) is 6. The largest absolute Gasteiger partial charge is 0.417 e. The number of imidazole rings is 1. The van der Waals surface area contributed by atoms with Crippen molar-refractivity contribution in [3.05, 3.63) is 59.1 Å². The van der Waals surface area contributed by atoms with Crippen LogP contribution in [0.1, 0.15) is 15.9 Å². The molecule has 1 fully saturated rings. The van der Waals surface area contributed by atoms with Gasteiger partial charge in [0.1, 0.15) is 11.3 Å². The standard InChI is InChI=1S/C22H18F3N5O2S/c23-22(24,25)16-5-4-13(30-7-9-32-10-8-30)12-15(16)19-27-17-3-1-2-14(18(17)28-19)20(31)29-21-26-6-11-33-21/h1-6,11-12H,7-10H2,(H,27,28)(H,26,29,31). The molecule has 0 unspecified atom stereocenters. The molecular formula is C22H18F3N5O2S. The lowest BCUT2D eigenvalue weighted by Gasteiger charge is -2.29. The van der Waals surface area contributed by atoms with E-state index in [4.69, 9.17) is 4.74 Å². The van der Waals surface area contributed by atoms with E-state index in [-0.39, 0.29) is 22.5 Å². The lowest BCUT2D eigenvalue weighted by Crippen LogP contribution is -2.36. The zero-order chi connectivity index (χ0) is 23.0. The fourth-order valence-electron chi connectivity index (χ4n) is 3.79. The fourth-order valence-corrected chi connectivity index (χ4v) is 4.31. The van der Waals surface area contributed by atoms with Gasteiger partial charge in [-0.3, -0.25) is 10.1 Å². The van der Waals surface area contributed by atoms with Gasteiger partial charge in [-0.15, -0.1) is 11.3 Å². The maximum atomic E-state index is 13.8. The number of aromatic nitrogens is 3. The molecule has 11 heteroatoms. The van der Waals surface area contributed by atoms with E-state index in [9.17, 15) is 18.0 Å². The van der Waals surface area contributed by atoms with Gasteiger partial charge in [0.05, 0.1) is 29.9 Å². The molecule has 1 saturated heterocycles. The van der Waals surface area contributed by atoms with E-state index in [0.29, 0.717) is 42.6 Å². The number of H-pyrrole nitrogens is 1. The molecule has 1 aliphatic rings. The molecule has 0 saturated carbocycles. The highest BCUT2D eigenvalue weighted by atomic mass is 32.1. The third kappa shape index (κ3) is 4.29. The first kappa shape index (κ1) is 21.4. The Hall–Kier alpha value is -3.44. The molecule has 33 heavy (non-hydrogen) atoms. The number of morpholine rings is 1. The molecule has 3 heterocycles. The molecular weight excluding hydrogens is 455 g/mol. The second-order valence-electron chi connectivity index (χ2n) is 7.41. The summed E-state index contributed by atoms with van der Waals surface area (Å²) in [6.07, 6.45) is -3.00. The number of anilines is 2. The van der Waals surface area contributed by atoms with Gasteiger partial charge in [-0.05, 0) is 30.3 Å². The highest BCUT2D eigenvalue weighted by molar-refractivity contribution is 7.13. The Bertz CT molecular complexity index is 1300. The average molecular weight is 473 g/mol. The number of alkyl halides is 3. The van der Waals surface area contributed by atoms with Crippen LogP contribution in [-0.4, -0.2) is 47.2 Å². The maximum Gasteiger partial charge on any atom is 0.417 e. The average Bonchev–Trinajstić information content (AvgIpc) is 3.48. The molecule has 0 aliphatic carbocycles. The molecule has 0 radical (unpaired) electrons. The minimum absolute atomic E-state index is 0.0435. The Morgan fingerprint density at radius 3 is 2.73 bits per heavy atom. The van der Waals surface area contributed by atoms with Gasteiger partial charge in [0.2, 0.25) is 0 Å². The zero-order valence-electron chi connectivity index (χ0n) is 17.1. The summed E-state index contributed by atoms with van der Waals surface area (Å²) in [5.41, 5.74) is 0.765. The molecule has 1 aliphatic heterocycles. The molecule has 170 valence electrons. The SMILES string of the molecule is O=C(Nc1nccs1)c1cccc2[nH]c(-c3cc(N4CCOCC4)ccc3C(F)(F)F)nc12. The molecule has 0 atom stereocenters. The number of aromatic amines is 1. The van der Waals surface area contributed by atoms with E-state index >= 15 is 0 Å². The number of fused-ring (bicyclic) bond motifs is 1. The summed E-state index contributed by atoms with van der Waals surface area (Å²) < 4.78 is 46.9. The minimum atomic E-state index is -4.57. The van der Waals surface area contributed by atoms with Crippen molar-refractivity contribution in [2.75, 3.05) is 36.5 Å². The van der Waals surface area contributed by atoms with Crippen LogP contribution < -0.4 is 10.2 Å². The van der Waals surface area contributed by atoms with Gasteiger partial charge in [-0.1, -0.05) is 6.07 Å². The Kier molecular flexibility index (Phi) is 5.51. The van der Waals surface area contributed by atoms with Crippen LogP contribution in [-0.2, 0) is 10.9 Å². The summed E-state index contributed by atoms with van der Waals surface area (Å²) >= 11 is 1.26. The smallest absolute Gasteiger partial charge is 0.378 e. The fraction of sp³-hybridized carbons (Fsp3) is 0.227. The van der Waals surface area contributed by atoms with Gasteiger partial charge in [0.15, 0.2) is 5.13 Å². The van der Waals surface area contributed by atoms with Crippen LogP contribution >= 0.6 is 11.3 Å². The summed E-state index contributed by atoms with van der Waals surface area (Å²) in [5.74, 6) is -0.395. The maximum absolute atomic E-state index is 13.8. The Labute approximate surface area is 190 Å². The first-order chi connectivity index (χ1) is 15.9. The quantitative estimate of drug-likeness (QED) is 0.445. The number of carbonyl (C=O) groups excluding carboxylic acids is 1. The summed E-state index contributed by atoms with van der Waals surface area (Å²) in [6, 6.07) is 8.92. The molecule has 2 N–H and O–H groups in total. The third-order valence-electron chi connectivity index (χ3n) is 5.35. The van der Waals surface area contributed by atoms with Crippen LogP contribution in [0.15, 0.2) is 48.0 Å². The number of rotatable bonds is 4. The predicted molar refractivity (Wildman–Crippen MR) is 120 cm³/mol. The van der Waals surface area contributed by atoms with Gasteiger partial charge in [0, 0.05) is 35.9 Å². The third-order valence-corrected chi connectivity index (χ3v) is 6.04. The van der Waals surface area contributed by atoms with Gasteiger partial charge < -0.3 is 14.6 Å². The molecule has 0 bridgehead atoms. The van der Waals surface area contributed by atoms with E-state index in [0.717, 1.165) is 6.07 Å². The van der Waals surface area contributed by atoms with Crippen molar-refractivity contribution in [2.24, 2.45) is 0 Å². The molecule has 4 aromatic rings. The molecule has 0 spiro atoms. The Morgan fingerprint density at radius 1 is 1.18 bits per heavy atom. The normalized spacial score (nSPS) is 14.6. The topological polar surface area (TPSA) is 83.1 Å². The van der Waals surface area contributed by atoms with Crippen molar-refractivity contribution < 1.29 is 22.7 Å². The van der Waals surface area contributed by atoms with Crippen molar-refractivity contribution in [1.82, 2.24) is 15.0 Å². The van der Waals surface area contributed by atoms with Crippen LogP contribution in [0.5, 0.6) is 0 Å². The molecule has 5 rings (SSSR count). The monoisotopic (exact) mass is 473 g/mol. The van der Waals surface area contributed by atoms with Gasteiger partial charge in [-0.2, -0.15) is 13.2 Å². The number of hydrogen-bond donors (Lipinski definition) is 2. The number of amides is 1. The number of halogens is 3. The number of nitrogens with one attached hydrogen (secondary N) is 2. The first-order valence-electron chi connectivity index (χ1n) is 10.1. The van der Waals surface area contributed by atoms with E-state index in [2.05, 4.69) is 20.3 Å². The van der Waals surface area contributed by atoms with Crippen molar-refractivity contribution in [1.29, 1.82) is 0 Å². The summed E-state index contributed by atoms with van der Waals surface area (Å²) in [7, 11) is 0. The number of ether oxygens (including phenoxy) is 1. The second-order valence-corrected chi connectivity index (χ2v) is 8.30. The second kappa shape index (κ2) is 8.49. The van der Waals surface area contributed by atoms with Crippen LogP contribution in [0.2, 0.25) is 0 Å². The Morgan fingerprint density at radius 2 is 2.00 bits per heavy atom. The number of para-hydroxylation sites is 1. The first-order valence-corrected chi connectivity index (χ1v) is 11.0. The van der Waals surface area contributed by atoms with Gasteiger partial charge >= 0.3 is 6.18 Å². The number of benzene rings is 2. The highest BCUT2D eigenvalue weighted by Gasteiger charge is 2.35. The van der Waals surface area contributed by atoms with Crippen molar-refractivity contribution >= 4 is 39.1 Å². The van der Waals surface area contributed by atoms with Crippen molar-refractivity contribution in [2.45, 2.75) is 6.18 Å². The van der Waals surface area contributed by atoms with Crippen LogP contribution in [0.3, 0.4) is 0 Å². The number of carbonyl (C=O) groups is 1. The highest BCUT2D eigenvalue weighted by Crippen LogP contribution is 2.39.